The summed E-state index contributed by atoms with van der Waals surface area (Å²) in [6.07, 6.45) is 0. The first-order chi connectivity index (χ1) is 13.4. The molecule has 0 spiro atoms. The van der Waals surface area contributed by atoms with E-state index in [-0.39, 0.29) is 0 Å². The lowest BCUT2D eigenvalue weighted by Crippen LogP contribution is -1.78. The number of aromatic nitrogens is 1. The van der Waals surface area contributed by atoms with Crippen LogP contribution in [0.1, 0.15) is 0 Å². The van der Waals surface area contributed by atoms with Crippen molar-refractivity contribution in [3.8, 4) is 22.3 Å². The van der Waals surface area contributed by atoms with Crippen molar-refractivity contribution in [3.63, 3.8) is 0 Å². The highest BCUT2D eigenvalue weighted by Gasteiger charge is 2.23. The molecule has 6 aromatic rings. The molecule has 0 saturated heterocycles. The zero-order valence-electron chi connectivity index (χ0n) is 14.6. The number of rotatable bonds is 0. The number of benzene rings is 5. The third-order valence-corrected chi connectivity index (χ3v) is 6.14. The standard InChI is InChI=1S/C26H15N/c1-2-7-16-15(6-1)12-13-20-23-14-22-18-9-4-3-8-17(18)19-10-5-11-21(24(19)22)26(23)27-25(16)20/h1-14,27H. The Labute approximate surface area is 155 Å². The second-order valence-corrected chi connectivity index (χ2v) is 7.45. The predicted molar refractivity (Wildman–Crippen MR) is 115 cm³/mol. The van der Waals surface area contributed by atoms with Crippen molar-refractivity contribution >= 4 is 43.4 Å². The lowest BCUT2D eigenvalue weighted by molar-refractivity contribution is 1.58. The molecule has 0 aliphatic heterocycles. The van der Waals surface area contributed by atoms with Gasteiger partial charge in [-0.05, 0) is 39.1 Å². The smallest absolute Gasteiger partial charge is 0.0545 e. The minimum absolute atomic E-state index is 1.24. The van der Waals surface area contributed by atoms with Gasteiger partial charge in [-0.15, -0.1) is 0 Å². The topological polar surface area (TPSA) is 15.8 Å². The van der Waals surface area contributed by atoms with E-state index in [0.29, 0.717) is 0 Å². The summed E-state index contributed by atoms with van der Waals surface area (Å²) in [5.41, 5.74) is 7.89. The summed E-state index contributed by atoms with van der Waals surface area (Å²) >= 11 is 0. The molecule has 1 heterocycles. The van der Waals surface area contributed by atoms with Gasteiger partial charge in [0.15, 0.2) is 0 Å². The first-order valence-electron chi connectivity index (χ1n) is 9.39. The first kappa shape index (κ1) is 13.6. The van der Waals surface area contributed by atoms with E-state index in [0.717, 1.165) is 0 Å². The third kappa shape index (κ3) is 1.56. The van der Waals surface area contributed by atoms with Crippen molar-refractivity contribution < 1.29 is 0 Å². The van der Waals surface area contributed by atoms with Crippen LogP contribution < -0.4 is 0 Å². The molecule has 0 unspecified atom stereocenters. The molecule has 1 aliphatic carbocycles. The Morgan fingerprint density at radius 2 is 1.15 bits per heavy atom. The largest absolute Gasteiger partial charge is 0.353 e. The lowest BCUT2D eigenvalue weighted by Gasteiger charge is -2.04. The number of aromatic amines is 1. The summed E-state index contributed by atoms with van der Waals surface area (Å²) in [5.74, 6) is 0. The zero-order valence-corrected chi connectivity index (χ0v) is 14.6. The Kier molecular flexibility index (Phi) is 2.30. The van der Waals surface area contributed by atoms with E-state index in [4.69, 9.17) is 0 Å². The van der Waals surface area contributed by atoms with Crippen LogP contribution in [0.3, 0.4) is 0 Å². The molecule has 5 aromatic carbocycles. The molecule has 1 nitrogen and oxygen atoms in total. The van der Waals surface area contributed by atoms with Gasteiger partial charge in [0, 0.05) is 21.5 Å². The SMILES string of the molecule is c1ccc2c(c1)-c1cccc3c1c-2cc1c2ccc4ccccc4c2[nH]c31. The molecule has 0 amide bonds. The Hall–Kier alpha value is -3.58. The average molecular weight is 341 g/mol. The fourth-order valence-electron chi connectivity index (χ4n) is 4.98. The lowest BCUT2D eigenvalue weighted by atomic mass is 9.98. The number of fused-ring (bicyclic) bond motifs is 9. The molecule has 0 radical (unpaired) electrons. The average Bonchev–Trinajstić information content (AvgIpc) is 3.27. The van der Waals surface area contributed by atoms with Crippen LogP contribution in [0.15, 0.2) is 84.9 Å². The van der Waals surface area contributed by atoms with Crippen LogP contribution in [0.2, 0.25) is 0 Å². The van der Waals surface area contributed by atoms with Gasteiger partial charge in [0.25, 0.3) is 0 Å². The van der Waals surface area contributed by atoms with E-state index >= 15 is 0 Å². The van der Waals surface area contributed by atoms with Crippen LogP contribution in [0.25, 0.3) is 65.6 Å². The monoisotopic (exact) mass is 341 g/mol. The van der Waals surface area contributed by atoms with Crippen LogP contribution in [0.4, 0.5) is 0 Å². The highest BCUT2D eigenvalue weighted by atomic mass is 14.7. The van der Waals surface area contributed by atoms with Gasteiger partial charge < -0.3 is 4.98 Å². The van der Waals surface area contributed by atoms with Gasteiger partial charge in [-0.2, -0.15) is 0 Å². The Bertz CT molecular complexity index is 1570. The molecule has 0 atom stereocenters. The maximum atomic E-state index is 3.77. The predicted octanol–water partition coefficient (Wildman–Crippen LogP) is 7.27. The highest BCUT2D eigenvalue weighted by molar-refractivity contribution is 6.28. The molecule has 124 valence electrons. The minimum Gasteiger partial charge on any atom is -0.353 e. The molecular formula is C26H15N. The Morgan fingerprint density at radius 3 is 2.07 bits per heavy atom. The van der Waals surface area contributed by atoms with Crippen LogP contribution in [-0.2, 0) is 0 Å². The quantitative estimate of drug-likeness (QED) is 0.298. The van der Waals surface area contributed by atoms with Gasteiger partial charge in [-0.1, -0.05) is 78.9 Å². The number of nitrogens with one attached hydrogen (secondary N) is 1. The fraction of sp³-hybridized carbons (Fsp3) is 0. The van der Waals surface area contributed by atoms with E-state index in [1.54, 1.807) is 0 Å². The zero-order chi connectivity index (χ0) is 17.5. The molecular weight excluding hydrogens is 326 g/mol. The van der Waals surface area contributed by atoms with E-state index in [1.165, 1.54) is 65.6 Å². The van der Waals surface area contributed by atoms with Gasteiger partial charge >= 0.3 is 0 Å². The Balaban J connectivity index is 1.76. The van der Waals surface area contributed by atoms with Crippen LogP contribution in [0.5, 0.6) is 0 Å². The molecule has 0 fully saturated rings. The molecule has 0 bridgehead atoms. The number of hydrogen-bond donors (Lipinski definition) is 1. The van der Waals surface area contributed by atoms with Gasteiger partial charge in [0.05, 0.1) is 11.0 Å². The van der Waals surface area contributed by atoms with Crippen molar-refractivity contribution in [2.24, 2.45) is 0 Å². The van der Waals surface area contributed by atoms with E-state index in [1.807, 2.05) is 0 Å². The summed E-state index contributed by atoms with van der Waals surface area (Å²) in [7, 11) is 0. The van der Waals surface area contributed by atoms with Crippen molar-refractivity contribution in [1.29, 1.82) is 0 Å². The second-order valence-electron chi connectivity index (χ2n) is 7.45. The van der Waals surface area contributed by atoms with Gasteiger partial charge in [-0.25, -0.2) is 0 Å². The summed E-state index contributed by atoms with van der Waals surface area (Å²) in [4.78, 5) is 3.77. The summed E-state index contributed by atoms with van der Waals surface area (Å²) in [6, 6.07) is 31.0. The second kappa shape index (κ2) is 4.57. The van der Waals surface area contributed by atoms with Gasteiger partial charge in [0.1, 0.15) is 0 Å². The molecule has 7 rings (SSSR count). The van der Waals surface area contributed by atoms with Crippen LogP contribution >= 0.6 is 0 Å². The highest BCUT2D eigenvalue weighted by Crippen LogP contribution is 2.50. The van der Waals surface area contributed by atoms with E-state index in [2.05, 4.69) is 89.9 Å². The van der Waals surface area contributed by atoms with Crippen molar-refractivity contribution in [1.82, 2.24) is 4.98 Å². The van der Waals surface area contributed by atoms with Gasteiger partial charge in [0.2, 0.25) is 0 Å². The molecule has 27 heavy (non-hydrogen) atoms. The molecule has 1 N–H and O–H groups in total. The van der Waals surface area contributed by atoms with Crippen molar-refractivity contribution in [2.45, 2.75) is 0 Å². The molecule has 1 aromatic heterocycles. The maximum absolute atomic E-state index is 3.77. The third-order valence-electron chi connectivity index (χ3n) is 6.14. The number of hydrogen-bond acceptors (Lipinski definition) is 0. The molecule has 1 aliphatic rings. The normalized spacial score (nSPS) is 12.4. The fourth-order valence-corrected chi connectivity index (χ4v) is 4.98. The summed E-state index contributed by atoms with van der Waals surface area (Å²) in [6.45, 7) is 0. The maximum Gasteiger partial charge on any atom is 0.0545 e. The first-order valence-corrected chi connectivity index (χ1v) is 9.39. The Morgan fingerprint density at radius 1 is 0.444 bits per heavy atom. The van der Waals surface area contributed by atoms with E-state index < -0.39 is 0 Å². The molecule has 0 saturated carbocycles. The minimum atomic E-state index is 1.24. The van der Waals surface area contributed by atoms with Crippen LogP contribution in [-0.4, -0.2) is 4.98 Å². The number of H-pyrrole nitrogens is 1. The van der Waals surface area contributed by atoms with Crippen molar-refractivity contribution in [2.75, 3.05) is 0 Å². The van der Waals surface area contributed by atoms with E-state index in [9.17, 15) is 0 Å². The summed E-state index contributed by atoms with van der Waals surface area (Å²) < 4.78 is 0. The summed E-state index contributed by atoms with van der Waals surface area (Å²) in [5, 5.41) is 7.87. The van der Waals surface area contributed by atoms with Gasteiger partial charge in [-0.3, -0.25) is 0 Å². The van der Waals surface area contributed by atoms with Crippen molar-refractivity contribution in [3.05, 3.63) is 84.9 Å². The van der Waals surface area contributed by atoms with Crippen LogP contribution in [0, 0.1) is 0 Å². The molecule has 1 heteroatoms.